The molecule has 5 heteroatoms. The van der Waals surface area contributed by atoms with E-state index >= 15 is 0 Å². The van der Waals surface area contributed by atoms with Crippen LogP contribution >= 0.6 is 0 Å². The smallest absolute Gasteiger partial charge is 0.257 e. The van der Waals surface area contributed by atoms with Crippen LogP contribution in [0.15, 0.2) is 18.2 Å². The predicted molar refractivity (Wildman–Crippen MR) is 63.3 cm³/mol. The second kappa shape index (κ2) is 6.85. The van der Waals surface area contributed by atoms with Gasteiger partial charge in [-0.1, -0.05) is 6.92 Å². The van der Waals surface area contributed by atoms with Crippen LogP contribution in [0.25, 0.3) is 0 Å². The lowest BCUT2D eigenvalue weighted by atomic mass is 10.2. The molecule has 1 amide bonds. The highest BCUT2D eigenvalue weighted by molar-refractivity contribution is 5.77. The molecule has 17 heavy (non-hydrogen) atoms. The fourth-order valence-electron chi connectivity index (χ4n) is 1.30. The van der Waals surface area contributed by atoms with Crippen molar-refractivity contribution in [2.45, 2.75) is 13.5 Å². The van der Waals surface area contributed by atoms with Crippen LogP contribution < -0.4 is 15.4 Å². The molecule has 0 saturated heterocycles. The van der Waals surface area contributed by atoms with Gasteiger partial charge in [-0.3, -0.25) is 4.79 Å². The van der Waals surface area contributed by atoms with E-state index < -0.39 is 0 Å². The number of carbonyl (C=O) groups excluding carboxylic acids is 1. The summed E-state index contributed by atoms with van der Waals surface area (Å²) in [5.41, 5.74) is 0.791. The van der Waals surface area contributed by atoms with E-state index in [0.29, 0.717) is 12.3 Å². The van der Waals surface area contributed by atoms with Gasteiger partial charge >= 0.3 is 0 Å². The molecule has 0 fully saturated rings. The van der Waals surface area contributed by atoms with E-state index in [1.807, 2.05) is 6.92 Å². The highest BCUT2D eigenvalue weighted by Crippen LogP contribution is 2.16. The summed E-state index contributed by atoms with van der Waals surface area (Å²) in [4.78, 5) is 11.0. The summed E-state index contributed by atoms with van der Waals surface area (Å²) in [5.74, 6) is -0.253. The Morgan fingerprint density at radius 1 is 1.41 bits per heavy atom. The molecule has 0 heterocycles. The van der Waals surface area contributed by atoms with Crippen molar-refractivity contribution in [1.29, 1.82) is 0 Å². The van der Waals surface area contributed by atoms with Crippen LogP contribution in [-0.4, -0.2) is 26.1 Å². The summed E-state index contributed by atoms with van der Waals surface area (Å²) >= 11 is 0. The van der Waals surface area contributed by atoms with Gasteiger partial charge in [0.25, 0.3) is 5.91 Å². The van der Waals surface area contributed by atoms with Crippen LogP contribution in [0.5, 0.6) is 5.75 Å². The maximum Gasteiger partial charge on any atom is 0.257 e. The number of hydrogen-bond donors (Lipinski definition) is 2. The first-order valence-corrected chi connectivity index (χ1v) is 5.49. The number of nitrogens with one attached hydrogen (secondary N) is 2. The van der Waals surface area contributed by atoms with Gasteiger partial charge < -0.3 is 15.4 Å². The van der Waals surface area contributed by atoms with Gasteiger partial charge in [0.15, 0.2) is 6.61 Å². The number of likely N-dealkylation sites (N-methyl/N-ethyl adjacent to an activating group) is 1. The van der Waals surface area contributed by atoms with Crippen LogP contribution in [0.2, 0.25) is 0 Å². The average molecular weight is 240 g/mol. The molecule has 0 spiro atoms. The quantitative estimate of drug-likeness (QED) is 0.781. The van der Waals surface area contributed by atoms with Crippen LogP contribution in [-0.2, 0) is 11.3 Å². The lowest BCUT2D eigenvalue weighted by molar-refractivity contribution is -0.122. The molecule has 1 aromatic rings. The number of amides is 1. The Morgan fingerprint density at radius 3 is 2.82 bits per heavy atom. The van der Waals surface area contributed by atoms with Crippen molar-refractivity contribution in [3.05, 3.63) is 29.6 Å². The van der Waals surface area contributed by atoms with E-state index in [1.54, 1.807) is 6.07 Å². The molecular formula is C12H17FN2O2. The van der Waals surface area contributed by atoms with Gasteiger partial charge in [0, 0.05) is 19.7 Å². The van der Waals surface area contributed by atoms with Gasteiger partial charge in [-0.05, 0) is 24.2 Å². The molecule has 0 saturated carbocycles. The highest BCUT2D eigenvalue weighted by Gasteiger charge is 2.04. The molecule has 0 bridgehead atoms. The highest BCUT2D eigenvalue weighted by atomic mass is 19.1. The van der Waals surface area contributed by atoms with Gasteiger partial charge in [-0.15, -0.1) is 0 Å². The maximum absolute atomic E-state index is 13.3. The standard InChI is InChI=1S/C12H17FN2O2/c1-3-15-7-9-4-10(13)6-11(5-9)17-8-12(16)14-2/h4-6,15H,3,7-8H2,1-2H3,(H,14,16). The molecule has 1 aromatic carbocycles. The zero-order valence-corrected chi connectivity index (χ0v) is 10.0. The molecule has 2 N–H and O–H groups in total. The largest absolute Gasteiger partial charge is 0.484 e. The third-order valence-corrected chi connectivity index (χ3v) is 2.16. The number of benzene rings is 1. The van der Waals surface area contributed by atoms with Crippen LogP contribution in [0.1, 0.15) is 12.5 Å². The second-order valence-electron chi connectivity index (χ2n) is 3.54. The van der Waals surface area contributed by atoms with Crippen LogP contribution in [0, 0.1) is 5.82 Å². The van der Waals surface area contributed by atoms with Crippen molar-refractivity contribution >= 4 is 5.91 Å². The van der Waals surface area contributed by atoms with Gasteiger partial charge in [0.1, 0.15) is 11.6 Å². The van der Waals surface area contributed by atoms with E-state index in [1.165, 1.54) is 19.2 Å². The lowest BCUT2D eigenvalue weighted by Crippen LogP contribution is -2.24. The van der Waals surface area contributed by atoms with Crippen molar-refractivity contribution in [3.8, 4) is 5.75 Å². The normalized spacial score (nSPS) is 10.1. The van der Waals surface area contributed by atoms with Crippen molar-refractivity contribution in [3.63, 3.8) is 0 Å². The number of hydrogen-bond acceptors (Lipinski definition) is 3. The Morgan fingerprint density at radius 2 is 2.18 bits per heavy atom. The summed E-state index contributed by atoms with van der Waals surface area (Å²) in [5, 5.41) is 5.52. The van der Waals surface area contributed by atoms with Crippen molar-refractivity contribution in [1.82, 2.24) is 10.6 Å². The first-order chi connectivity index (χ1) is 8.15. The van der Waals surface area contributed by atoms with E-state index in [9.17, 15) is 9.18 Å². The lowest BCUT2D eigenvalue weighted by Gasteiger charge is -2.08. The Balaban J connectivity index is 2.65. The molecule has 0 unspecified atom stereocenters. The van der Waals surface area contributed by atoms with E-state index in [-0.39, 0.29) is 18.3 Å². The molecule has 0 aliphatic rings. The summed E-state index contributed by atoms with van der Waals surface area (Å²) in [7, 11) is 1.52. The minimum atomic E-state index is -0.368. The number of ether oxygens (including phenoxy) is 1. The molecule has 0 aliphatic carbocycles. The molecule has 1 rings (SSSR count). The van der Waals surface area contributed by atoms with Crippen LogP contribution in [0.4, 0.5) is 4.39 Å². The predicted octanol–water partition coefficient (Wildman–Crippen LogP) is 1.06. The fraction of sp³-hybridized carbons (Fsp3) is 0.417. The zero-order chi connectivity index (χ0) is 12.7. The molecule has 0 aliphatic heterocycles. The van der Waals surface area contributed by atoms with Gasteiger partial charge in [-0.25, -0.2) is 4.39 Å². The molecule has 4 nitrogen and oxygen atoms in total. The Labute approximate surface area is 100 Å². The number of halogens is 1. The summed E-state index contributed by atoms with van der Waals surface area (Å²) < 4.78 is 18.4. The first-order valence-electron chi connectivity index (χ1n) is 5.49. The van der Waals surface area contributed by atoms with Gasteiger partial charge in [-0.2, -0.15) is 0 Å². The zero-order valence-electron chi connectivity index (χ0n) is 10.0. The Hall–Kier alpha value is -1.62. The molecule has 0 radical (unpaired) electrons. The van der Waals surface area contributed by atoms with Crippen molar-refractivity contribution in [2.75, 3.05) is 20.2 Å². The molecular weight excluding hydrogens is 223 g/mol. The number of carbonyl (C=O) groups is 1. The van der Waals surface area contributed by atoms with Gasteiger partial charge in [0.05, 0.1) is 0 Å². The van der Waals surface area contributed by atoms with Crippen LogP contribution in [0.3, 0.4) is 0 Å². The molecule has 0 atom stereocenters. The van der Waals surface area contributed by atoms with Crippen molar-refractivity contribution < 1.29 is 13.9 Å². The van der Waals surface area contributed by atoms with Gasteiger partial charge in [0.2, 0.25) is 0 Å². The summed E-state index contributed by atoms with van der Waals surface area (Å²) in [6, 6.07) is 4.42. The molecule has 94 valence electrons. The SMILES string of the molecule is CCNCc1cc(F)cc(OCC(=O)NC)c1. The Bertz CT molecular complexity index is 383. The third-order valence-electron chi connectivity index (χ3n) is 2.16. The van der Waals surface area contributed by atoms with Crippen molar-refractivity contribution in [2.24, 2.45) is 0 Å². The average Bonchev–Trinajstić information content (AvgIpc) is 2.32. The van der Waals surface area contributed by atoms with E-state index in [4.69, 9.17) is 4.74 Å². The topological polar surface area (TPSA) is 50.4 Å². The minimum Gasteiger partial charge on any atom is -0.484 e. The fourth-order valence-corrected chi connectivity index (χ4v) is 1.30. The summed E-state index contributed by atoms with van der Waals surface area (Å²) in [6.45, 7) is 3.25. The maximum atomic E-state index is 13.3. The first kappa shape index (κ1) is 13.4. The monoisotopic (exact) mass is 240 g/mol. The van der Waals surface area contributed by atoms with E-state index in [2.05, 4.69) is 10.6 Å². The number of rotatable bonds is 6. The second-order valence-corrected chi connectivity index (χ2v) is 3.54. The minimum absolute atomic E-state index is 0.111. The molecule has 0 aromatic heterocycles. The third kappa shape index (κ3) is 4.82. The van der Waals surface area contributed by atoms with E-state index in [0.717, 1.165) is 12.1 Å². The Kier molecular flexibility index (Phi) is 5.42. The summed E-state index contributed by atoms with van der Waals surface area (Å²) in [6.07, 6.45) is 0.